The van der Waals surface area contributed by atoms with Crippen LogP contribution in [0.2, 0.25) is 0 Å². The molecular weight excluding hydrogens is 220 g/mol. The molecule has 0 fully saturated rings. The summed E-state index contributed by atoms with van der Waals surface area (Å²) in [7, 11) is 0. The van der Waals surface area contributed by atoms with E-state index in [1.807, 2.05) is 18.5 Å². The lowest BCUT2D eigenvalue weighted by Gasteiger charge is -1.98. The molecule has 0 saturated heterocycles. The Morgan fingerprint density at radius 3 is 3.00 bits per heavy atom. The molecule has 0 unspecified atom stereocenters. The maximum Gasteiger partial charge on any atom is 0.205 e. The number of hydrogen-bond acceptors (Lipinski definition) is 4. The molecule has 16 heavy (non-hydrogen) atoms. The molecule has 0 amide bonds. The third-order valence-electron chi connectivity index (χ3n) is 2.16. The highest BCUT2D eigenvalue weighted by molar-refractivity contribution is 7.15. The average molecular weight is 236 g/mol. The van der Waals surface area contributed by atoms with Crippen molar-refractivity contribution in [1.82, 2.24) is 15.2 Å². The van der Waals surface area contributed by atoms with Crippen LogP contribution >= 0.6 is 11.3 Å². The summed E-state index contributed by atoms with van der Waals surface area (Å²) in [6, 6.07) is 2.04. The minimum absolute atomic E-state index is 0.630. The number of nitrogens with zero attached hydrogens (tertiary/aromatic N) is 2. The highest BCUT2D eigenvalue weighted by atomic mass is 32.1. The number of nitrogens with one attached hydrogen (secondary N) is 2. The van der Waals surface area contributed by atoms with Crippen LogP contribution in [0.15, 0.2) is 18.5 Å². The minimum atomic E-state index is 0.630. The summed E-state index contributed by atoms with van der Waals surface area (Å²) in [6.07, 6.45) is 4.90. The standard InChI is InChI=1S/C11H16N4S/c1-8(2)5-10-14-15-11(16-10)13-7-9-3-4-12-6-9/h3-4,6,8,12H,5,7H2,1-2H3,(H,13,15). The summed E-state index contributed by atoms with van der Waals surface area (Å²) in [5.41, 5.74) is 1.22. The second-order valence-corrected chi connectivity index (χ2v) is 5.23. The van der Waals surface area contributed by atoms with Crippen LogP contribution in [0.25, 0.3) is 0 Å². The van der Waals surface area contributed by atoms with Crippen molar-refractivity contribution in [2.45, 2.75) is 26.8 Å². The van der Waals surface area contributed by atoms with Crippen molar-refractivity contribution in [1.29, 1.82) is 0 Å². The van der Waals surface area contributed by atoms with Gasteiger partial charge in [0.05, 0.1) is 0 Å². The maximum absolute atomic E-state index is 4.15. The fraction of sp³-hybridized carbons (Fsp3) is 0.455. The Morgan fingerprint density at radius 2 is 2.31 bits per heavy atom. The quantitative estimate of drug-likeness (QED) is 0.839. The van der Waals surface area contributed by atoms with Gasteiger partial charge in [-0.25, -0.2) is 0 Å². The topological polar surface area (TPSA) is 53.6 Å². The summed E-state index contributed by atoms with van der Waals surface area (Å²) in [4.78, 5) is 3.02. The van der Waals surface area contributed by atoms with Gasteiger partial charge in [0.2, 0.25) is 5.13 Å². The van der Waals surface area contributed by atoms with Gasteiger partial charge >= 0.3 is 0 Å². The summed E-state index contributed by atoms with van der Waals surface area (Å²) in [5.74, 6) is 0.630. The van der Waals surface area contributed by atoms with Gasteiger partial charge in [-0.05, 0) is 17.5 Å². The lowest BCUT2D eigenvalue weighted by atomic mass is 10.1. The van der Waals surface area contributed by atoms with Crippen LogP contribution in [0.4, 0.5) is 5.13 Å². The van der Waals surface area contributed by atoms with Gasteiger partial charge in [0.25, 0.3) is 0 Å². The zero-order chi connectivity index (χ0) is 11.4. The Morgan fingerprint density at radius 1 is 1.44 bits per heavy atom. The van der Waals surface area contributed by atoms with E-state index in [2.05, 4.69) is 34.3 Å². The third-order valence-corrected chi connectivity index (χ3v) is 3.06. The van der Waals surface area contributed by atoms with Crippen molar-refractivity contribution in [2.24, 2.45) is 5.92 Å². The van der Waals surface area contributed by atoms with Crippen molar-refractivity contribution in [3.63, 3.8) is 0 Å². The first-order valence-corrected chi connectivity index (χ1v) is 6.23. The monoisotopic (exact) mass is 236 g/mol. The van der Waals surface area contributed by atoms with Crippen molar-refractivity contribution < 1.29 is 0 Å². The molecule has 0 atom stereocenters. The fourth-order valence-corrected chi connectivity index (χ4v) is 2.35. The normalized spacial score (nSPS) is 10.9. The minimum Gasteiger partial charge on any atom is -0.367 e. The Kier molecular flexibility index (Phi) is 3.56. The summed E-state index contributed by atoms with van der Waals surface area (Å²) in [6.45, 7) is 5.17. The largest absolute Gasteiger partial charge is 0.367 e. The second-order valence-electron chi connectivity index (χ2n) is 4.17. The van der Waals surface area contributed by atoms with E-state index in [1.165, 1.54) is 5.56 Å². The zero-order valence-electron chi connectivity index (χ0n) is 9.53. The highest BCUT2D eigenvalue weighted by Gasteiger charge is 2.05. The summed E-state index contributed by atoms with van der Waals surface area (Å²) in [5, 5.41) is 13.5. The Bertz CT molecular complexity index is 419. The first kappa shape index (κ1) is 11.1. The van der Waals surface area contributed by atoms with Gasteiger partial charge in [-0.15, -0.1) is 10.2 Å². The maximum atomic E-state index is 4.15. The van der Waals surface area contributed by atoms with E-state index in [1.54, 1.807) is 11.3 Å². The van der Waals surface area contributed by atoms with Gasteiger partial charge in [-0.1, -0.05) is 25.2 Å². The molecule has 0 aromatic carbocycles. The van der Waals surface area contributed by atoms with Crippen LogP contribution in [-0.4, -0.2) is 15.2 Å². The molecule has 0 bridgehead atoms. The van der Waals surface area contributed by atoms with Crippen LogP contribution in [0.1, 0.15) is 24.4 Å². The van der Waals surface area contributed by atoms with Crippen LogP contribution in [-0.2, 0) is 13.0 Å². The van der Waals surface area contributed by atoms with Crippen LogP contribution in [0, 0.1) is 5.92 Å². The second kappa shape index (κ2) is 5.12. The summed E-state index contributed by atoms with van der Waals surface area (Å²) < 4.78 is 0. The van der Waals surface area contributed by atoms with Gasteiger partial charge in [0.1, 0.15) is 5.01 Å². The van der Waals surface area contributed by atoms with Crippen LogP contribution in [0.5, 0.6) is 0 Å². The highest BCUT2D eigenvalue weighted by Crippen LogP contribution is 2.18. The smallest absolute Gasteiger partial charge is 0.205 e. The van der Waals surface area contributed by atoms with E-state index in [-0.39, 0.29) is 0 Å². The van der Waals surface area contributed by atoms with Crippen molar-refractivity contribution in [3.8, 4) is 0 Å². The molecule has 2 N–H and O–H groups in total. The molecule has 0 aliphatic rings. The van der Waals surface area contributed by atoms with E-state index >= 15 is 0 Å². The predicted molar refractivity (Wildman–Crippen MR) is 66.6 cm³/mol. The van der Waals surface area contributed by atoms with Crippen molar-refractivity contribution in [2.75, 3.05) is 5.32 Å². The fourth-order valence-electron chi connectivity index (χ4n) is 1.40. The first-order chi connectivity index (χ1) is 7.74. The number of hydrogen-bond donors (Lipinski definition) is 2. The summed E-state index contributed by atoms with van der Waals surface area (Å²) >= 11 is 1.64. The molecule has 2 aromatic heterocycles. The van der Waals surface area contributed by atoms with E-state index in [9.17, 15) is 0 Å². The Labute approximate surface area is 99.1 Å². The van der Waals surface area contributed by atoms with Gasteiger partial charge < -0.3 is 10.3 Å². The molecule has 0 spiro atoms. The van der Waals surface area contributed by atoms with Gasteiger partial charge in [-0.3, -0.25) is 0 Å². The molecule has 0 saturated carbocycles. The molecule has 2 heterocycles. The number of rotatable bonds is 5. The van der Waals surface area contributed by atoms with Crippen molar-refractivity contribution in [3.05, 3.63) is 29.0 Å². The molecule has 2 rings (SSSR count). The number of aromatic amines is 1. The number of aromatic nitrogens is 3. The van der Waals surface area contributed by atoms with E-state index < -0.39 is 0 Å². The molecule has 0 aliphatic carbocycles. The zero-order valence-corrected chi connectivity index (χ0v) is 10.3. The number of H-pyrrole nitrogens is 1. The van der Waals surface area contributed by atoms with Crippen molar-refractivity contribution >= 4 is 16.5 Å². The van der Waals surface area contributed by atoms with Gasteiger partial charge in [0, 0.05) is 25.4 Å². The molecule has 0 radical (unpaired) electrons. The first-order valence-electron chi connectivity index (χ1n) is 5.42. The van der Waals surface area contributed by atoms with Gasteiger partial charge in [0.15, 0.2) is 0 Å². The predicted octanol–water partition coefficient (Wildman–Crippen LogP) is 2.68. The Hall–Kier alpha value is -1.36. The number of anilines is 1. The molecule has 2 aromatic rings. The molecule has 86 valence electrons. The Balaban J connectivity index is 1.88. The molecule has 5 heteroatoms. The third kappa shape index (κ3) is 3.06. The molecule has 0 aliphatic heterocycles. The molecule has 4 nitrogen and oxygen atoms in total. The van der Waals surface area contributed by atoms with Crippen LogP contribution in [0.3, 0.4) is 0 Å². The lowest BCUT2D eigenvalue weighted by molar-refractivity contribution is 0.640. The van der Waals surface area contributed by atoms with E-state index in [4.69, 9.17) is 0 Å². The molecular formula is C11H16N4S. The average Bonchev–Trinajstić information content (AvgIpc) is 2.84. The van der Waals surface area contributed by atoms with Gasteiger partial charge in [-0.2, -0.15) is 0 Å². The lowest BCUT2D eigenvalue weighted by Crippen LogP contribution is -1.97. The SMILES string of the molecule is CC(C)Cc1nnc(NCc2cc[nH]c2)s1. The van der Waals surface area contributed by atoms with E-state index in [0.29, 0.717) is 5.92 Å². The van der Waals surface area contributed by atoms with E-state index in [0.717, 1.165) is 23.1 Å². The van der Waals surface area contributed by atoms with Crippen LogP contribution < -0.4 is 5.32 Å².